The molecule has 0 unspecified atom stereocenters. The fraction of sp³-hybridized carbons (Fsp3) is 0.875. The highest BCUT2D eigenvalue weighted by atomic mass is 19.3. The van der Waals surface area contributed by atoms with Crippen LogP contribution in [0.5, 0.6) is 0 Å². The predicted molar refractivity (Wildman–Crippen MR) is 79.3 cm³/mol. The van der Waals surface area contributed by atoms with Crippen LogP contribution in [-0.2, 0) is 4.79 Å². The van der Waals surface area contributed by atoms with Gasteiger partial charge in [0, 0.05) is 5.92 Å². The number of hydrogen-bond acceptors (Lipinski definition) is 3. The molecule has 4 nitrogen and oxygen atoms in total. The van der Waals surface area contributed by atoms with Gasteiger partial charge in [-0.3, -0.25) is 9.69 Å². The lowest BCUT2D eigenvalue weighted by Gasteiger charge is -2.32. The lowest BCUT2D eigenvalue weighted by molar-refractivity contribution is -0.127. The minimum atomic E-state index is -2.32. The van der Waals surface area contributed by atoms with Crippen LogP contribution in [0.3, 0.4) is 0 Å². The Morgan fingerprint density at radius 2 is 1.82 bits per heavy atom. The highest BCUT2D eigenvalue weighted by Gasteiger charge is 2.30. The van der Waals surface area contributed by atoms with E-state index >= 15 is 0 Å². The summed E-state index contributed by atoms with van der Waals surface area (Å²) in [6.07, 6.45) is 4.36. The van der Waals surface area contributed by atoms with Gasteiger partial charge in [0.1, 0.15) is 6.04 Å². The molecular weight excluding hydrogens is 288 g/mol. The third-order valence-electron chi connectivity index (χ3n) is 4.91. The maximum atomic E-state index is 12.3. The fourth-order valence-corrected chi connectivity index (χ4v) is 3.57. The van der Waals surface area contributed by atoms with Gasteiger partial charge >= 0.3 is 0 Å². The molecule has 0 radical (unpaired) electrons. The summed E-state index contributed by atoms with van der Waals surface area (Å²) < 4.78 is 24.7. The first kappa shape index (κ1) is 17.1. The quantitative estimate of drug-likeness (QED) is 0.848. The minimum Gasteiger partial charge on any atom is -0.340 e. The number of nitrogens with zero attached hydrogens (tertiary/aromatic N) is 2. The number of alkyl halides is 2. The number of likely N-dealkylation sites (tertiary alicyclic amines) is 1. The second-order valence-corrected chi connectivity index (χ2v) is 6.48. The molecule has 1 saturated carbocycles. The molecule has 1 heterocycles. The van der Waals surface area contributed by atoms with Crippen LogP contribution in [-0.4, -0.2) is 42.9 Å². The Morgan fingerprint density at radius 3 is 2.36 bits per heavy atom. The van der Waals surface area contributed by atoms with Crippen LogP contribution in [0, 0.1) is 23.2 Å². The molecule has 0 aromatic carbocycles. The lowest BCUT2D eigenvalue weighted by atomic mass is 9.84. The Morgan fingerprint density at radius 1 is 1.18 bits per heavy atom. The van der Waals surface area contributed by atoms with Gasteiger partial charge in [0.15, 0.2) is 0 Å². The van der Waals surface area contributed by atoms with Crippen LogP contribution in [0.2, 0.25) is 0 Å². The first-order chi connectivity index (χ1) is 10.6. The number of hydrogen-bond donors (Lipinski definition) is 1. The van der Waals surface area contributed by atoms with Gasteiger partial charge in [0.05, 0.1) is 12.6 Å². The van der Waals surface area contributed by atoms with Gasteiger partial charge in [-0.2, -0.15) is 5.26 Å². The second-order valence-electron chi connectivity index (χ2n) is 6.48. The molecule has 6 heteroatoms. The molecule has 1 aliphatic carbocycles. The van der Waals surface area contributed by atoms with E-state index < -0.39 is 12.5 Å². The average molecular weight is 313 g/mol. The van der Waals surface area contributed by atoms with E-state index in [0.717, 1.165) is 25.7 Å². The van der Waals surface area contributed by atoms with Crippen molar-refractivity contribution in [3.8, 4) is 6.07 Å². The molecule has 124 valence electrons. The Labute approximate surface area is 130 Å². The molecule has 0 aromatic rings. The zero-order valence-corrected chi connectivity index (χ0v) is 12.9. The molecule has 0 bridgehead atoms. The van der Waals surface area contributed by atoms with E-state index in [1.54, 1.807) is 4.90 Å². The number of nitriles is 1. The standard InChI is InChI=1S/C16H25F2N3O/c17-15(18)11-21-8-6-13(7-9-21)16(22)20-14(10-19)12-4-2-1-3-5-12/h12-15H,1-9,11H2,(H,20,22)/t14-/m1/s1. The summed E-state index contributed by atoms with van der Waals surface area (Å²) in [6, 6.07) is 1.84. The van der Waals surface area contributed by atoms with Crippen molar-refractivity contribution >= 4 is 5.91 Å². The SMILES string of the molecule is N#C[C@@H](NC(=O)C1CCN(CC(F)F)CC1)C1CCCCC1. The van der Waals surface area contributed by atoms with Gasteiger partial charge < -0.3 is 5.32 Å². The van der Waals surface area contributed by atoms with E-state index in [9.17, 15) is 18.8 Å². The number of piperidine rings is 1. The third kappa shape index (κ3) is 4.91. The molecule has 0 spiro atoms. The molecular formula is C16H25F2N3O. The van der Waals surface area contributed by atoms with Gasteiger partial charge in [-0.15, -0.1) is 0 Å². The molecule has 1 amide bonds. The number of nitrogens with one attached hydrogen (secondary N) is 1. The van der Waals surface area contributed by atoms with Crippen molar-refractivity contribution in [2.24, 2.45) is 11.8 Å². The first-order valence-electron chi connectivity index (χ1n) is 8.30. The Bertz CT molecular complexity index is 397. The van der Waals surface area contributed by atoms with Crippen LogP contribution in [0.25, 0.3) is 0 Å². The van der Waals surface area contributed by atoms with E-state index in [1.165, 1.54) is 6.42 Å². The van der Waals surface area contributed by atoms with E-state index in [1.807, 2.05) is 0 Å². The number of rotatable bonds is 5. The first-order valence-corrected chi connectivity index (χ1v) is 8.30. The molecule has 1 saturated heterocycles. The van der Waals surface area contributed by atoms with Crippen molar-refractivity contribution in [2.75, 3.05) is 19.6 Å². The van der Waals surface area contributed by atoms with E-state index in [2.05, 4.69) is 11.4 Å². The van der Waals surface area contributed by atoms with E-state index in [4.69, 9.17) is 0 Å². The lowest BCUT2D eigenvalue weighted by Crippen LogP contribution is -2.46. The van der Waals surface area contributed by atoms with Crippen molar-refractivity contribution in [2.45, 2.75) is 57.4 Å². The number of carbonyl (C=O) groups excluding carboxylic acids is 1. The van der Waals surface area contributed by atoms with Crippen molar-refractivity contribution in [1.29, 1.82) is 5.26 Å². The second kappa shape index (κ2) is 8.42. The van der Waals surface area contributed by atoms with Gasteiger partial charge in [-0.05, 0) is 44.7 Å². The molecule has 2 fully saturated rings. The molecule has 1 N–H and O–H groups in total. The fourth-order valence-electron chi connectivity index (χ4n) is 3.57. The van der Waals surface area contributed by atoms with Crippen LogP contribution < -0.4 is 5.32 Å². The number of amides is 1. The van der Waals surface area contributed by atoms with Crippen molar-refractivity contribution in [3.63, 3.8) is 0 Å². The summed E-state index contributed by atoms with van der Waals surface area (Å²) in [4.78, 5) is 14.0. The van der Waals surface area contributed by atoms with E-state index in [-0.39, 0.29) is 24.3 Å². The summed E-state index contributed by atoms with van der Waals surface area (Å²) in [6.45, 7) is 0.851. The van der Waals surface area contributed by atoms with Gasteiger partial charge in [-0.25, -0.2) is 8.78 Å². The molecule has 1 atom stereocenters. The summed E-state index contributed by atoms with van der Waals surface area (Å²) in [5.74, 6) is 0.0452. The average Bonchev–Trinajstić information content (AvgIpc) is 2.53. The Hall–Kier alpha value is -1.22. The largest absolute Gasteiger partial charge is 0.340 e. The molecule has 2 rings (SSSR count). The van der Waals surface area contributed by atoms with Gasteiger partial charge in [0.25, 0.3) is 6.43 Å². The molecule has 1 aliphatic heterocycles. The number of carbonyl (C=O) groups is 1. The Kier molecular flexibility index (Phi) is 6.56. The van der Waals surface area contributed by atoms with Crippen molar-refractivity contribution < 1.29 is 13.6 Å². The van der Waals surface area contributed by atoms with Crippen LogP contribution in [0.15, 0.2) is 0 Å². The van der Waals surface area contributed by atoms with Gasteiger partial charge in [-0.1, -0.05) is 19.3 Å². The Balaban J connectivity index is 1.78. The van der Waals surface area contributed by atoms with Crippen molar-refractivity contribution in [1.82, 2.24) is 10.2 Å². The summed E-state index contributed by atoms with van der Waals surface area (Å²) in [7, 11) is 0. The maximum Gasteiger partial charge on any atom is 0.251 e. The highest BCUT2D eigenvalue weighted by molar-refractivity contribution is 5.79. The third-order valence-corrected chi connectivity index (χ3v) is 4.91. The smallest absolute Gasteiger partial charge is 0.251 e. The van der Waals surface area contributed by atoms with Crippen LogP contribution >= 0.6 is 0 Å². The normalized spacial score (nSPS) is 23.2. The summed E-state index contributed by atoms with van der Waals surface area (Å²) in [5, 5.41) is 12.2. The highest BCUT2D eigenvalue weighted by Crippen LogP contribution is 2.27. The topological polar surface area (TPSA) is 56.1 Å². The zero-order chi connectivity index (χ0) is 15.9. The summed E-state index contributed by atoms with van der Waals surface area (Å²) >= 11 is 0. The van der Waals surface area contributed by atoms with E-state index in [0.29, 0.717) is 25.9 Å². The molecule has 22 heavy (non-hydrogen) atoms. The maximum absolute atomic E-state index is 12.3. The van der Waals surface area contributed by atoms with Crippen LogP contribution in [0.1, 0.15) is 44.9 Å². The molecule has 2 aliphatic rings. The van der Waals surface area contributed by atoms with Gasteiger partial charge in [0.2, 0.25) is 5.91 Å². The minimum absolute atomic E-state index is 0.0752. The monoisotopic (exact) mass is 313 g/mol. The zero-order valence-electron chi connectivity index (χ0n) is 12.9. The number of halogens is 2. The van der Waals surface area contributed by atoms with Crippen LogP contribution in [0.4, 0.5) is 8.78 Å². The molecule has 0 aromatic heterocycles. The predicted octanol–water partition coefficient (Wildman–Crippen LogP) is 2.55. The summed E-state index contributed by atoms with van der Waals surface area (Å²) in [5.41, 5.74) is 0. The van der Waals surface area contributed by atoms with Crippen molar-refractivity contribution in [3.05, 3.63) is 0 Å².